The molecule has 19 heavy (non-hydrogen) atoms. The van der Waals surface area contributed by atoms with Crippen LogP contribution >= 0.6 is 0 Å². The van der Waals surface area contributed by atoms with Gasteiger partial charge in [-0.2, -0.15) is 0 Å². The topological polar surface area (TPSA) is 6.48 Å². The quantitative estimate of drug-likeness (QED) is 0.771. The molecule has 3 rings (SSSR count). The Morgan fingerprint density at radius 3 is 2.53 bits per heavy atom. The minimum absolute atomic E-state index is 0.789. The van der Waals surface area contributed by atoms with Crippen LogP contribution in [0.25, 0.3) is 0 Å². The minimum atomic E-state index is 0.789. The molecular weight excluding hydrogens is 232 g/mol. The molecule has 0 aromatic rings. The van der Waals surface area contributed by atoms with Crippen LogP contribution in [0.5, 0.6) is 0 Å². The van der Waals surface area contributed by atoms with Gasteiger partial charge in [-0.1, -0.05) is 32.6 Å². The summed E-state index contributed by atoms with van der Waals surface area (Å²) in [7, 11) is 0. The summed E-state index contributed by atoms with van der Waals surface area (Å²) in [6.07, 6.45) is 10.3. The first-order valence-electron chi connectivity index (χ1n) is 8.70. The number of hydrogen-bond donors (Lipinski definition) is 0. The van der Waals surface area contributed by atoms with Crippen LogP contribution in [-0.4, -0.2) is 48.1 Å². The zero-order valence-corrected chi connectivity index (χ0v) is 13.0. The first-order valence-corrected chi connectivity index (χ1v) is 8.70. The van der Waals surface area contributed by atoms with E-state index >= 15 is 0 Å². The van der Waals surface area contributed by atoms with Crippen molar-refractivity contribution in [3.05, 3.63) is 0 Å². The molecule has 2 unspecified atom stereocenters. The van der Waals surface area contributed by atoms with Gasteiger partial charge in [0.2, 0.25) is 0 Å². The van der Waals surface area contributed by atoms with E-state index in [1.54, 1.807) is 0 Å². The molecular formula is C17H32N2. The summed E-state index contributed by atoms with van der Waals surface area (Å²) in [4.78, 5) is 5.54. The van der Waals surface area contributed by atoms with Gasteiger partial charge >= 0.3 is 0 Å². The highest BCUT2D eigenvalue weighted by atomic mass is 15.3. The third kappa shape index (κ3) is 3.33. The van der Waals surface area contributed by atoms with E-state index in [0.717, 1.165) is 23.9 Å². The lowest BCUT2D eigenvalue weighted by Gasteiger charge is -2.43. The van der Waals surface area contributed by atoms with Crippen molar-refractivity contribution in [1.82, 2.24) is 9.80 Å². The van der Waals surface area contributed by atoms with Crippen LogP contribution in [0.3, 0.4) is 0 Å². The van der Waals surface area contributed by atoms with Crippen LogP contribution in [-0.2, 0) is 0 Å². The first-order chi connectivity index (χ1) is 9.22. The van der Waals surface area contributed by atoms with Crippen molar-refractivity contribution in [2.24, 2.45) is 11.8 Å². The van der Waals surface area contributed by atoms with E-state index in [4.69, 9.17) is 0 Å². The minimum Gasteiger partial charge on any atom is -0.298 e. The predicted molar refractivity (Wildman–Crippen MR) is 81.4 cm³/mol. The molecule has 2 atom stereocenters. The first kappa shape index (κ1) is 13.9. The maximum Gasteiger partial charge on any atom is 0.0224 e. The summed E-state index contributed by atoms with van der Waals surface area (Å²) in [5.41, 5.74) is 0. The van der Waals surface area contributed by atoms with E-state index in [1.807, 2.05) is 0 Å². The van der Waals surface area contributed by atoms with Gasteiger partial charge in [-0.3, -0.25) is 9.80 Å². The highest BCUT2D eigenvalue weighted by Crippen LogP contribution is 2.31. The van der Waals surface area contributed by atoms with Gasteiger partial charge in [-0.15, -0.1) is 0 Å². The second kappa shape index (κ2) is 6.13. The van der Waals surface area contributed by atoms with Gasteiger partial charge < -0.3 is 0 Å². The van der Waals surface area contributed by atoms with Crippen molar-refractivity contribution in [1.29, 1.82) is 0 Å². The molecule has 2 nitrogen and oxygen atoms in total. The smallest absolute Gasteiger partial charge is 0.0224 e. The van der Waals surface area contributed by atoms with Gasteiger partial charge in [-0.25, -0.2) is 0 Å². The largest absolute Gasteiger partial charge is 0.298 e. The molecule has 0 amide bonds. The Morgan fingerprint density at radius 1 is 0.947 bits per heavy atom. The Balaban J connectivity index is 1.44. The molecule has 3 aliphatic rings. The van der Waals surface area contributed by atoms with Gasteiger partial charge in [0.1, 0.15) is 0 Å². The Labute approximate surface area is 119 Å². The molecule has 0 spiro atoms. The summed E-state index contributed by atoms with van der Waals surface area (Å²) in [6.45, 7) is 10.3. The van der Waals surface area contributed by atoms with Gasteiger partial charge in [-0.05, 0) is 51.1 Å². The number of fused-ring (bicyclic) bond motifs is 1. The van der Waals surface area contributed by atoms with Crippen molar-refractivity contribution in [3.63, 3.8) is 0 Å². The maximum atomic E-state index is 2.80. The number of hydrogen-bond acceptors (Lipinski definition) is 2. The average Bonchev–Trinajstić information content (AvgIpc) is 2.85. The molecule has 2 heteroatoms. The van der Waals surface area contributed by atoms with E-state index in [2.05, 4.69) is 23.6 Å². The molecule has 2 aliphatic heterocycles. The lowest BCUT2D eigenvalue weighted by atomic mass is 9.81. The third-order valence-electron chi connectivity index (χ3n) is 6.03. The number of rotatable bonds is 3. The molecule has 110 valence electrons. The number of nitrogens with zero attached hydrogens (tertiary/aromatic N) is 2. The summed E-state index contributed by atoms with van der Waals surface area (Å²) in [6, 6.07) is 1.68. The van der Waals surface area contributed by atoms with E-state index < -0.39 is 0 Å². The molecule has 3 fully saturated rings. The molecule has 1 saturated carbocycles. The van der Waals surface area contributed by atoms with Crippen LogP contribution in [0.1, 0.15) is 58.8 Å². The molecule has 0 N–H and O–H groups in total. The third-order valence-corrected chi connectivity index (χ3v) is 6.03. The van der Waals surface area contributed by atoms with Crippen molar-refractivity contribution >= 4 is 0 Å². The average molecular weight is 264 g/mol. The fraction of sp³-hybridized carbons (Fsp3) is 1.00. The monoisotopic (exact) mass is 264 g/mol. The summed E-state index contributed by atoms with van der Waals surface area (Å²) in [5, 5.41) is 0. The van der Waals surface area contributed by atoms with Crippen LogP contribution < -0.4 is 0 Å². The fourth-order valence-electron chi connectivity index (χ4n) is 4.53. The summed E-state index contributed by atoms with van der Waals surface area (Å²) >= 11 is 0. The Kier molecular flexibility index (Phi) is 4.48. The second-order valence-corrected chi connectivity index (χ2v) is 7.55. The SMILES string of the molecule is CC1CCC(CCN2CC3CCCN3CC2C)CC1. The molecule has 0 aromatic heterocycles. The van der Waals surface area contributed by atoms with E-state index in [1.165, 1.54) is 71.1 Å². The fourth-order valence-corrected chi connectivity index (χ4v) is 4.53. The molecule has 0 bridgehead atoms. The number of piperazine rings is 1. The molecule has 2 saturated heterocycles. The van der Waals surface area contributed by atoms with Crippen molar-refractivity contribution in [2.75, 3.05) is 26.2 Å². The lowest BCUT2D eigenvalue weighted by molar-refractivity contribution is 0.0534. The van der Waals surface area contributed by atoms with Crippen LogP contribution in [0.4, 0.5) is 0 Å². The highest BCUT2D eigenvalue weighted by molar-refractivity contribution is 4.90. The Hall–Kier alpha value is -0.0800. The van der Waals surface area contributed by atoms with E-state index in [9.17, 15) is 0 Å². The van der Waals surface area contributed by atoms with Crippen LogP contribution in [0.2, 0.25) is 0 Å². The normalized spacial score (nSPS) is 41.4. The van der Waals surface area contributed by atoms with Crippen LogP contribution in [0.15, 0.2) is 0 Å². The summed E-state index contributed by atoms with van der Waals surface area (Å²) in [5.74, 6) is 2.03. The highest BCUT2D eigenvalue weighted by Gasteiger charge is 2.34. The van der Waals surface area contributed by atoms with Gasteiger partial charge in [0, 0.05) is 25.2 Å². The predicted octanol–water partition coefficient (Wildman–Crippen LogP) is 3.37. The van der Waals surface area contributed by atoms with Gasteiger partial charge in [0.15, 0.2) is 0 Å². The van der Waals surface area contributed by atoms with Crippen molar-refractivity contribution < 1.29 is 0 Å². The van der Waals surface area contributed by atoms with Gasteiger partial charge in [0.05, 0.1) is 0 Å². The maximum absolute atomic E-state index is 2.80. The van der Waals surface area contributed by atoms with E-state index in [0.29, 0.717) is 0 Å². The standard InChI is InChI=1S/C17H32N2/c1-14-5-7-16(8-6-14)9-11-18-13-17-4-3-10-19(17)12-15(18)2/h14-17H,3-13H2,1-2H3. The van der Waals surface area contributed by atoms with Crippen LogP contribution in [0, 0.1) is 11.8 Å². The molecule has 0 radical (unpaired) electrons. The molecule has 1 aliphatic carbocycles. The van der Waals surface area contributed by atoms with Crippen molar-refractivity contribution in [2.45, 2.75) is 70.9 Å². The zero-order valence-electron chi connectivity index (χ0n) is 13.0. The lowest BCUT2D eigenvalue weighted by Crippen LogP contribution is -2.55. The Morgan fingerprint density at radius 2 is 1.74 bits per heavy atom. The summed E-state index contributed by atoms with van der Waals surface area (Å²) < 4.78 is 0. The van der Waals surface area contributed by atoms with Crippen molar-refractivity contribution in [3.8, 4) is 0 Å². The second-order valence-electron chi connectivity index (χ2n) is 7.55. The van der Waals surface area contributed by atoms with Gasteiger partial charge in [0.25, 0.3) is 0 Å². The molecule has 0 aromatic carbocycles. The molecule has 2 heterocycles. The van der Waals surface area contributed by atoms with E-state index in [-0.39, 0.29) is 0 Å². The Bertz CT molecular complexity index is 283. The zero-order chi connectivity index (χ0) is 13.2.